The van der Waals surface area contributed by atoms with Crippen molar-refractivity contribution in [2.75, 3.05) is 0 Å². The largest absolute Gasteiger partial charge is 0.307 e. The summed E-state index contributed by atoms with van der Waals surface area (Å²) in [6, 6.07) is 22.6. The zero-order chi connectivity index (χ0) is 26.7. The number of nitrogens with zero attached hydrogens (tertiary/aromatic N) is 5. The van der Waals surface area contributed by atoms with E-state index < -0.39 is 0 Å². The third kappa shape index (κ3) is 2.93. The topological polar surface area (TPSA) is 40.6 Å². The van der Waals surface area contributed by atoms with E-state index in [1.54, 1.807) is 6.33 Å². The van der Waals surface area contributed by atoms with Crippen LogP contribution in [0.25, 0.3) is 79.7 Å². The van der Waals surface area contributed by atoms with Crippen LogP contribution in [-0.2, 0) is 0 Å². The first kappa shape index (κ1) is 22.4. The quantitative estimate of drug-likeness (QED) is 0.203. The van der Waals surface area contributed by atoms with Crippen LogP contribution in [0, 0.1) is 0 Å². The lowest BCUT2D eigenvalue weighted by atomic mass is 10.1. The SMILES string of the molecule is c1ncc(-n2c3cc(-n4c5ccsc5c5sccc54)ccc3c3ccc(-n4c5ccsc5c5sccc54)cc32)cn1. The van der Waals surface area contributed by atoms with Gasteiger partial charge in [0.2, 0.25) is 0 Å². The molecular weight excluding hydrogens is 583 g/mol. The number of aromatic nitrogens is 5. The second-order valence-electron chi connectivity index (χ2n) is 10.0. The summed E-state index contributed by atoms with van der Waals surface area (Å²) in [5.74, 6) is 0. The number of fused-ring (bicyclic) bond motifs is 9. The van der Waals surface area contributed by atoms with Crippen molar-refractivity contribution < 1.29 is 0 Å². The summed E-state index contributed by atoms with van der Waals surface area (Å²) in [5, 5.41) is 11.2. The summed E-state index contributed by atoms with van der Waals surface area (Å²) in [4.78, 5) is 8.80. The van der Waals surface area contributed by atoms with Gasteiger partial charge in [-0.05, 0) is 70.1 Å². The molecule has 0 fully saturated rings. The van der Waals surface area contributed by atoms with Crippen molar-refractivity contribution in [2.24, 2.45) is 0 Å². The van der Waals surface area contributed by atoms with Gasteiger partial charge in [0.15, 0.2) is 0 Å². The fraction of sp³-hybridized carbons (Fsp3) is 0. The Morgan fingerprint density at radius 3 is 1.22 bits per heavy atom. The number of thiophene rings is 4. The Morgan fingerprint density at radius 1 is 0.415 bits per heavy atom. The van der Waals surface area contributed by atoms with Gasteiger partial charge < -0.3 is 13.7 Å². The molecule has 0 radical (unpaired) electrons. The van der Waals surface area contributed by atoms with Crippen LogP contribution in [0.1, 0.15) is 0 Å². The maximum Gasteiger partial charge on any atom is 0.115 e. The highest BCUT2D eigenvalue weighted by Gasteiger charge is 2.20. The lowest BCUT2D eigenvalue weighted by Crippen LogP contribution is -1.98. The van der Waals surface area contributed by atoms with Gasteiger partial charge in [-0.1, -0.05) is 12.1 Å². The molecule has 0 spiro atoms. The van der Waals surface area contributed by atoms with Gasteiger partial charge in [-0.3, -0.25) is 0 Å². The maximum absolute atomic E-state index is 4.40. The molecule has 2 aromatic carbocycles. The van der Waals surface area contributed by atoms with E-state index in [1.807, 2.05) is 57.7 Å². The molecule has 0 atom stereocenters. The number of hydrogen-bond donors (Lipinski definition) is 0. The van der Waals surface area contributed by atoms with E-state index in [1.165, 1.54) is 51.6 Å². The second kappa shape index (κ2) is 8.14. The fourth-order valence-corrected chi connectivity index (χ4v) is 10.2. The molecule has 0 aliphatic carbocycles. The molecular formula is C32H17N5S4. The molecule has 8 aromatic heterocycles. The van der Waals surface area contributed by atoms with Crippen molar-refractivity contribution >= 4 is 108 Å². The molecule has 0 N–H and O–H groups in total. The molecule has 9 heteroatoms. The Hall–Kier alpha value is -4.28. The van der Waals surface area contributed by atoms with Gasteiger partial charge in [0, 0.05) is 22.1 Å². The van der Waals surface area contributed by atoms with Gasteiger partial charge in [-0.2, -0.15) is 0 Å². The van der Waals surface area contributed by atoms with Crippen LogP contribution in [0.3, 0.4) is 0 Å². The molecule has 0 aliphatic rings. The third-order valence-electron chi connectivity index (χ3n) is 8.01. The smallest absolute Gasteiger partial charge is 0.115 e. The van der Waals surface area contributed by atoms with E-state index >= 15 is 0 Å². The van der Waals surface area contributed by atoms with Gasteiger partial charge in [-0.25, -0.2) is 9.97 Å². The third-order valence-corrected chi connectivity index (χ3v) is 12.0. The van der Waals surface area contributed by atoms with E-state index in [-0.39, 0.29) is 0 Å². The zero-order valence-electron chi connectivity index (χ0n) is 21.2. The summed E-state index contributed by atoms with van der Waals surface area (Å²) >= 11 is 7.26. The number of benzene rings is 2. The van der Waals surface area contributed by atoms with Crippen LogP contribution in [0.15, 0.2) is 101 Å². The van der Waals surface area contributed by atoms with E-state index in [4.69, 9.17) is 0 Å². The highest BCUT2D eigenvalue weighted by Crippen LogP contribution is 2.42. The van der Waals surface area contributed by atoms with Crippen LogP contribution < -0.4 is 0 Å². The minimum atomic E-state index is 0.949. The normalized spacial score (nSPS) is 12.4. The molecule has 10 aromatic rings. The Bertz CT molecular complexity index is 2340. The van der Waals surface area contributed by atoms with E-state index in [0.29, 0.717) is 0 Å². The molecule has 5 nitrogen and oxygen atoms in total. The minimum Gasteiger partial charge on any atom is -0.307 e. The summed E-state index contributed by atoms with van der Waals surface area (Å²) in [5.41, 5.74) is 10.6. The van der Waals surface area contributed by atoms with E-state index in [2.05, 4.69) is 106 Å². The van der Waals surface area contributed by atoms with Crippen LogP contribution in [0.5, 0.6) is 0 Å². The first-order valence-electron chi connectivity index (χ1n) is 13.1. The molecule has 10 rings (SSSR count). The molecule has 0 saturated carbocycles. The second-order valence-corrected chi connectivity index (χ2v) is 13.7. The number of hydrogen-bond acceptors (Lipinski definition) is 6. The lowest BCUT2D eigenvalue weighted by Gasteiger charge is -2.11. The van der Waals surface area contributed by atoms with Crippen molar-refractivity contribution in [3.05, 3.63) is 101 Å². The van der Waals surface area contributed by atoms with Crippen molar-refractivity contribution in [3.63, 3.8) is 0 Å². The maximum atomic E-state index is 4.40. The van der Waals surface area contributed by atoms with E-state index in [0.717, 1.165) is 28.1 Å². The van der Waals surface area contributed by atoms with Crippen molar-refractivity contribution in [3.8, 4) is 17.1 Å². The van der Waals surface area contributed by atoms with Gasteiger partial charge in [-0.15, -0.1) is 45.3 Å². The van der Waals surface area contributed by atoms with Gasteiger partial charge in [0.1, 0.15) is 6.33 Å². The molecule has 194 valence electrons. The fourth-order valence-electron chi connectivity index (χ4n) is 6.37. The minimum absolute atomic E-state index is 0.949. The lowest BCUT2D eigenvalue weighted by molar-refractivity contribution is 1.07. The molecule has 0 unspecified atom stereocenters. The highest BCUT2D eigenvalue weighted by atomic mass is 32.1. The van der Waals surface area contributed by atoms with Gasteiger partial charge >= 0.3 is 0 Å². The monoisotopic (exact) mass is 599 g/mol. The van der Waals surface area contributed by atoms with Crippen LogP contribution in [0.4, 0.5) is 0 Å². The zero-order valence-corrected chi connectivity index (χ0v) is 24.5. The summed E-state index contributed by atoms with van der Waals surface area (Å²) in [6.07, 6.45) is 5.40. The van der Waals surface area contributed by atoms with Gasteiger partial charge in [0.25, 0.3) is 0 Å². The van der Waals surface area contributed by atoms with Crippen molar-refractivity contribution in [1.29, 1.82) is 0 Å². The standard InChI is InChI=1S/C32H17N5S4/c1-3-21-22-4-2-19(36-25-7-11-40-31(25)32-26(36)8-12-41-32)14-28(22)37(20-15-33-17-34-16-20)27(21)13-18(1)35-23-5-9-38-29(23)30-24(35)6-10-39-30/h1-17H. The average Bonchev–Trinajstić information content (AvgIpc) is 3.83. The summed E-state index contributed by atoms with van der Waals surface area (Å²) in [6.45, 7) is 0. The Labute approximate surface area is 248 Å². The van der Waals surface area contributed by atoms with Gasteiger partial charge in [0.05, 0.1) is 70.0 Å². The highest BCUT2D eigenvalue weighted by molar-refractivity contribution is 7.26. The van der Waals surface area contributed by atoms with E-state index in [9.17, 15) is 0 Å². The van der Waals surface area contributed by atoms with Crippen LogP contribution in [0.2, 0.25) is 0 Å². The number of rotatable bonds is 3. The summed E-state index contributed by atoms with van der Waals surface area (Å²) in [7, 11) is 0. The van der Waals surface area contributed by atoms with Crippen molar-refractivity contribution in [2.45, 2.75) is 0 Å². The molecule has 0 amide bonds. The molecule has 8 heterocycles. The Kier molecular flexibility index (Phi) is 4.45. The first-order valence-corrected chi connectivity index (χ1v) is 16.6. The first-order chi connectivity index (χ1) is 20.3. The molecule has 0 saturated heterocycles. The average molecular weight is 600 g/mol. The van der Waals surface area contributed by atoms with Crippen molar-refractivity contribution in [1.82, 2.24) is 23.7 Å². The predicted octanol–water partition coefficient (Wildman–Crippen LogP) is 10.0. The Balaban J connectivity index is 1.30. The molecule has 0 aliphatic heterocycles. The predicted molar refractivity (Wildman–Crippen MR) is 177 cm³/mol. The van der Waals surface area contributed by atoms with Crippen LogP contribution >= 0.6 is 45.3 Å². The summed E-state index contributed by atoms with van der Waals surface area (Å²) < 4.78 is 12.5. The molecule has 41 heavy (non-hydrogen) atoms. The Morgan fingerprint density at radius 2 is 0.805 bits per heavy atom. The van der Waals surface area contributed by atoms with Crippen LogP contribution in [-0.4, -0.2) is 23.7 Å². The molecule has 0 bridgehead atoms.